The molecule has 0 aromatic carbocycles. The number of nitrogens with two attached hydrogens (primary N) is 3. The van der Waals surface area contributed by atoms with Crippen LogP contribution in [-0.4, -0.2) is 176 Å². The second-order valence-electron chi connectivity index (χ2n) is 12.5. The van der Waals surface area contributed by atoms with Gasteiger partial charge < -0.3 is 97.1 Å². The number of rotatable bonds is 11. The van der Waals surface area contributed by atoms with Crippen molar-refractivity contribution < 1.29 is 78.9 Å². The number of carbonyl (C=O) groups excluding carboxylic acids is 2. The highest BCUT2D eigenvalue weighted by Gasteiger charge is 2.53. The quantitative estimate of drug-likeness (QED) is 0.0959. The van der Waals surface area contributed by atoms with E-state index in [2.05, 4.69) is 10.6 Å². The molecule has 3 fully saturated rings. The predicted molar refractivity (Wildman–Crippen MR) is 153 cm³/mol. The molecule has 21 heteroatoms. The molecule has 16 atom stereocenters. The van der Waals surface area contributed by atoms with E-state index >= 15 is 0 Å². The lowest BCUT2D eigenvalue weighted by atomic mass is 9.96. The van der Waals surface area contributed by atoms with Crippen LogP contribution < -0.4 is 27.8 Å². The number of alkyl carbamates (subject to hydrolysis) is 1. The summed E-state index contributed by atoms with van der Waals surface area (Å²) in [4.78, 5) is 24.8. The first-order valence-corrected chi connectivity index (χ1v) is 15.0. The third kappa shape index (κ3) is 9.85. The number of hydrogen-bond donors (Lipinski definition) is 13. The summed E-state index contributed by atoms with van der Waals surface area (Å²) < 4.78 is 33.0. The first-order chi connectivity index (χ1) is 21.9. The smallest absolute Gasteiger partial charge is 0.407 e. The Bertz CT molecular complexity index is 1020. The summed E-state index contributed by atoms with van der Waals surface area (Å²) in [5.41, 5.74) is 16.7. The fourth-order valence-electron chi connectivity index (χ4n) is 5.06. The van der Waals surface area contributed by atoms with Crippen molar-refractivity contribution in [3.63, 3.8) is 0 Å². The van der Waals surface area contributed by atoms with Crippen LogP contribution in [0, 0.1) is 0 Å². The Balaban J connectivity index is 1.78. The summed E-state index contributed by atoms with van der Waals surface area (Å²) >= 11 is 0. The Morgan fingerprint density at radius 3 is 2.02 bits per heavy atom. The summed E-state index contributed by atoms with van der Waals surface area (Å²) in [6.45, 7) is 3.75. The van der Waals surface area contributed by atoms with E-state index in [0.29, 0.717) is 0 Å². The normalized spacial score (nSPS) is 42.0. The highest BCUT2D eigenvalue weighted by molar-refractivity contribution is 5.80. The number of amides is 2. The van der Waals surface area contributed by atoms with Crippen LogP contribution in [0.1, 0.15) is 27.2 Å². The molecule has 0 spiro atoms. The maximum absolute atomic E-state index is 12.9. The summed E-state index contributed by atoms with van der Waals surface area (Å²) in [6.07, 6.45) is -25.8. The van der Waals surface area contributed by atoms with Gasteiger partial charge in [0.2, 0.25) is 0 Å². The Morgan fingerprint density at radius 2 is 1.43 bits per heavy atom. The molecule has 3 rings (SSSR count). The van der Waals surface area contributed by atoms with Crippen LogP contribution in [0.3, 0.4) is 0 Å². The van der Waals surface area contributed by atoms with Crippen molar-refractivity contribution in [3.8, 4) is 0 Å². The monoisotopic (exact) mass is 687 g/mol. The molecule has 0 aliphatic carbocycles. The summed E-state index contributed by atoms with van der Waals surface area (Å²) in [7, 11) is 0. The molecule has 274 valence electrons. The van der Waals surface area contributed by atoms with Gasteiger partial charge in [-0.2, -0.15) is 0 Å². The number of carbonyl (C=O) groups is 2. The molecule has 0 bridgehead atoms. The van der Waals surface area contributed by atoms with Gasteiger partial charge in [-0.05, 0) is 27.2 Å². The van der Waals surface area contributed by atoms with Crippen LogP contribution in [-0.2, 0) is 33.2 Å². The van der Waals surface area contributed by atoms with E-state index in [-0.39, 0.29) is 19.5 Å². The summed E-state index contributed by atoms with van der Waals surface area (Å²) in [6, 6.07) is -1.39. The van der Waals surface area contributed by atoms with Gasteiger partial charge in [0.25, 0.3) is 5.91 Å². The fraction of sp³-hybridized carbons (Fsp3) is 0.923. The maximum Gasteiger partial charge on any atom is 0.407 e. The highest BCUT2D eigenvalue weighted by atomic mass is 16.7. The zero-order valence-electron chi connectivity index (χ0n) is 26.1. The minimum absolute atomic E-state index is 0.175. The van der Waals surface area contributed by atoms with E-state index in [1.807, 2.05) is 0 Å². The average Bonchev–Trinajstić information content (AvgIpc) is 2.99. The first kappa shape index (κ1) is 39.5. The number of nitrogens with one attached hydrogen (secondary N) is 2. The second-order valence-corrected chi connectivity index (χ2v) is 12.5. The van der Waals surface area contributed by atoms with Crippen LogP contribution in [0.25, 0.3) is 0 Å². The van der Waals surface area contributed by atoms with E-state index in [0.717, 1.165) is 0 Å². The predicted octanol–water partition coefficient (Wildman–Crippen LogP) is -7.32. The number of aliphatic hydroxyl groups is 8. The number of aliphatic hydroxyl groups excluding tert-OH is 8. The van der Waals surface area contributed by atoms with Crippen molar-refractivity contribution in [1.29, 1.82) is 0 Å². The topological polar surface area (TPSA) is 353 Å². The van der Waals surface area contributed by atoms with E-state index < -0.39 is 122 Å². The van der Waals surface area contributed by atoms with Crippen molar-refractivity contribution in [2.24, 2.45) is 17.2 Å². The van der Waals surface area contributed by atoms with Crippen LogP contribution >= 0.6 is 0 Å². The van der Waals surface area contributed by atoms with Gasteiger partial charge in [-0.15, -0.1) is 0 Å². The molecule has 3 aliphatic rings. The van der Waals surface area contributed by atoms with Crippen LogP contribution in [0.5, 0.6) is 0 Å². The second kappa shape index (κ2) is 16.7. The Kier molecular flexibility index (Phi) is 14.0. The molecule has 0 radical (unpaired) electrons. The fourth-order valence-corrected chi connectivity index (χ4v) is 5.06. The molecule has 0 aromatic heterocycles. The molecule has 3 aliphatic heterocycles. The van der Waals surface area contributed by atoms with Crippen molar-refractivity contribution in [2.45, 2.75) is 131 Å². The van der Waals surface area contributed by atoms with Gasteiger partial charge in [-0.25, -0.2) is 4.79 Å². The van der Waals surface area contributed by atoms with E-state index in [1.54, 1.807) is 20.8 Å². The highest BCUT2D eigenvalue weighted by Crippen LogP contribution is 2.31. The summed E-state index contributed by atoms with van der Waals surface area (Å²) in [5, 5.41) is 87.8. The average molecular weight is 688 g/mol. The molecule has 3 heterocycles. The van der Waals surface area contributed by atoms with Gasteiger partial charge in [0.05, 0.1) is 12.6 Å². The number of ether oxygens (including phenoxy) is 6. The largest absolute Gasteiger partial charge is 0.444 e. The zero-order chi connectivity index (χ0) is 35.4. The Labute approximate surface area is 269 Å². The molecule has 47 heavy (non-hydrogen) atoms. The third-order valence-electron chi connectivity index (χ3n) is 7.69. The van der Waals surface area contributed by atoms with Crippen LogP contribution in [0.2, 0.25) is 0 Å². The lowest BCUT2D eigenvalue weighted by Gasteiger charge is -2.48. The molecule has 0 saturated carbocycles. The minimum atomic E-state index is -1.91. The van der Waals surface area contributed by atoms with Crippen molar-refractivity contribution in [2.75, 3.05) is 19.7 Å². The van der Waals surface area contributed by atoms with Gasteiger partial charge in [-0.3, -0.25) is 4.79 Å². The van der Waals surface area contributed by atoms with Gasteiger partial charge in [-0.1, -0.05) is 0 Å². The molecule has 0 aromatic rings. The Hall–Kier alpha value is -1.90. The van der Waals surface area contributed by atoms with E-state index in [4.69, 9.17) is 45.6 Å². The molecule has 16 N–H and O–H groups in total. The molecular formula is C26H49N5O16. The summed E-state index contributed by atoms with van der Waals surface area (Å²) in [5.74, 6) is -1.06. The lowest BCUT2D eigenvalue weighted by Crippen LogP contribution is -2.70. The van der Waals surface area contributed by atoms with E-state index in [9.17, 15) is 50.4 Å². The van der Waals surface area contributed by atoms with Gasteiger partial charge in [0, 0.05) is 13.1 Å². The first-order valence-electron chi connectivity index (χ1n) is 15.0. The minimum Gasteiger partial charge on any atom is -0.444 e. The SMILES string of the molecule is CC(C)(C)OC(=O)NCC[C@H](O)C(=O)N[C@@H]1OC(N)[C@@H](O[C@H]2OC(CN)[C@@H](O)[C@H](O)C2O)[C@H](O)C1O[C@H]1OC(CO)[C@@H](O)[C@H](N)C1O. The Morgan fingerprint density at radius 1 is 0.830 bits per heavy atom. The van der Waals surface area contributed by atoms with Gasteiger partial charge in [0.15, 0.2) is 18.8 Å². The van der Waals surface area contributed by atoms with Crippen molar-refractivity contribution in [1.82, 2.24) is 10.6 Å². The van der Waals surface area contributed by atoms with Crippen LogP contribution in [0.15, 0.2) is 0 Å². The van der Waals surface area contributed by atoms with Crippen molar-refractivity contribution in [3.05, 3.63) is 0 Å². The molecule has 6 unspecified atom stereocenters. The third-order valence-corrected chi connectivity index (χ3v) is 7.69. The molecule has 2 amide bonds. The molecular weight excluding hydrogens is 638 g/mol. The standard InChI is InChI=1S/C26H49N5O16/c1-26(2,3)47-25(41)30-5-4-8(33)21(40)31-22-19(45-23-14(36)11(28)12(34)10(7-32)43-23)17(39)18(20(29)46-22)44-24-16(38)15(37)13(35)9(6-27)42-24/h8-20,22-24,32-39H,4-7,27-29H2,1-3H3,(H,30,41)(H,31,40)/t8-,9?,10?,11-,12+,13+,14?,15-,16?,17-,18-,19?,20?,22+,23+,24+/m0/s1. The van der Waals surface area contributed by atoms with Gasteiger partial charge >= 0.3 is 6.09 Å². The zero-order valence-corrected chi connectivity index (χ0v) is 26.1. The molecule has 3 saturated heterocycles. The lowest BCUT2D eigenvalue weighted by molar-refractivity contribution is -0.358. The maximum atomic E-state index is 12.9. The van der Waals surface area contributed by atoms with Crippen LogP contribution in [0.4, 0.5) is 4.79 Å². The number of hydrogen-bond acceptors (Lipinski definition) is 19. The molecule has 21 nitrogen and oxygen atoms in total. The van der Waals surface area contributed by atoms with Gasteiger partial charge in [0.1, 0.15) is 79.0 Å². The van der Waals surface area contributed by atoms with E-state index in [1.165, 1.54) is 0 Å². The van der Waals surface area contributed by atoms with Crippen molar-refractivity contribution >= 4 is 12.0 Å².